The summed E-state index contributed by atoms with van der Waals surface area (Å²) in [7, 11) is 0. The van der Waals surface area contributed by atoms with Crippen molar-refractivity contribution < 1.29 is 9.53 Å². The predicted octanol–water partition coefficient (Wildman–Crippen LogP) is 3.63. The molecule has 1 aliphatic heterocycles. The van der Waals surface area contributed by atoms with Gasteiger partial charge in [0.05, 0.1) is 6.20 Å². The molecule has 6 nitrogen and oxygen atoms in total. The molecule has 28 heavy (non-hydrogen) atoms. The van der Waals surface area contributed by atoms with Crippen LogP contribution >= 0.6 is 0 Å². The fourth-order valence-electron chi connectivity index (χ4n) is 3.77. The van der Waals surface area contributed by atoms with Crippen molar-refractivity contribution in [2.24, 2.45) is 0 Å². The number of carbonyl (C=O) groups is 1. The van der Waals surface area contributed by atoms with Crippen molar-refractivity contribution in [3.05, 3.63) is 54.4 Å². The van der Waals surface area contributed by atoms with Gasteiger partial charge in [-0.2, -0.15) is 5.10 Å². The molecule has 1 saturated heterocycles. The molecule has 0 aliphatic carbocycles. The Morgan fingerprint density at radius 3 is 2.89 bits per heavy atom. The second kappa shape index (κ2) is 8.42. The molecule has 1 aromatic carbocycles. The minimum atomic E-state index is 0.0330. The van der Waals surface area contributed by atoms with E-state index in [1.165, 1.54) is 0 Å². The van der Waals surface area contributed by atoms with Crippen LogP contribution in [0.15, 0.2) is 48.7 Å². The Labute approximate surface area is 165 Å². The van der Waals surface area contributed by atoms with Crippen molar-refractivity contribution in [1.29, 1.82) is 0 Å². The van der Waals surface area contributed by atoms with E-state index in [1.807, 2.05) is 46.1 Å². The van der Waals surface area contributed by atoms with Gasteiger partial charge in [0.1, 0.15) is 5.75 Å². The van der Waals surface area contributed by atoms with Crippen molar-refractivity contribution >= 4 is 16.9 Å². The number of likely N-dealkylation sites (tertiary alicyclic amines) is 1. The molecule has 6 heteroatoms. The fourth-order valence-corrected chi connectivity index (χ4v) is 3.77. The summed E-state index contributed by atoms with van der Waals surface area (Å²) in [5.74, 6) is 1.01. The lowest BCUT2D eigenvalue weighted by Crippen LogP contribution is -2.41. The van der Waals surface area contributed by atoms with E-state index in [4.69, 9.17) is 9.72 Å². The van der Waals surface area contributed by atoms with Crippen molar-refractivity contribution in [2.45, 2.75) is 38.6 Å². The van der Waals surface area contributed by atoms with Crippen LogP contribution in [0.4, 0.5) is 0 Å². The monoisotopic (exact) mass is 378 g/mol. The van der Waals surface area contributed by atoms with E-state index < -0.39 is 0 Å². The maximum atomic E-state index is 12.6. The molecule has 0 saturated carbocycles. The van der Waals surface area contributed by atoms with Gasteiger partial charge in [0.2, 0.25) is 0 Å². The highest BCUT2D eigenvalue weighted by Crippen LogP contribution is 2.27. The Bertz CT molecular complexity index is 938. The number of nitrogens with zero attached hydrogens (tertiary/aromatic N) is 4. The largest absolute Gasteiger partial charge is 0.484 e. The molecule has 2 aromatic heterocycles. The van der Waals surface area contributed by atoms with Crippen LogP contribution in [-0.4, -0.2) is 45.3 Å². The molecule has 146 valence electrons. The number of fused-ring (bicyclic) bond motifs is 1. The Morgan fingerprint density at radius 1 is 1.21 bits per heavy atom. The van der Waals surface area contributed by atoms with E-state index in [0.717, 1.165) is 54.8 Å². The number of rotatable bonds is 6. The summed E-state index contributed by atoms with van der Waals surface area (Å²) in [4.78, 5) is 19.4. The number of carbonyl (C=O) groups excluding carboxylic acids is 1. The van der Waals surface area contributed by atoms with Crippen LogP contribution in [0.2, 0.25) is 0 Å². The molecule has 1 aliphatic rings. The van der Waals surface area contributed by atoms with E-state index in [-0.39, 0.29) is 18.4 Å². The second-order valence-electron chi connectivity index (χ2n) is 7.30. The van der Waals surface area contributed by atoms with Gasteiger partial charge < -0.3 is 9.64 Å². The number of hydrogen-bond donors (Lipinski definition) is 0. The summed E-state index contributed by atoms with van der Waals surface area (Å²) in [6.07, 6.45) is 4.93. The molecular weight excluding hydrogens is 352 g/mol. The second-order valence-corrected chi connectivity index (χ2v) is 7.30. The van der Waals surface area contributed by atoms with Gasteiger partial charge in [-0.25, -0.2) is 9.67 Å². The standard InChI is InChI=1S/C22H26N4O2/c1-2-12-26-22-17(14-23-26)10-11-20(24-22)18-7-6-13-25(15-18)21(27)16-28-19-8-4-3-5-9-19/h3-5,8-11,14,18H,2,6-7,12-13,15-16H2,1H3. The minimum absolute atomic E-state index is 0.0330. The molecule has 1 unspecified atom stereocenters. The minimum Gasteiger partial charge on any atom is -0.484 e. The van der Waals surface area contributed by atoms with Gasteiger partial charge in [-0.1, -0.05) is 25.1 Å². The lowest BCUT2D eigenvalue weighted by molar-refractivity contribution is -0.134. The maximum Gasteiger partial charge on any atom is 0.260 e. The first-order valence-corrected chi connectivity index (χ1v) is 10.0. The van der Waals surface area contributed by atoms with Gasteiger partial charge in [-0.05, 0) is 43.5 Å². The van der Waals surface area contributed by atoms with Crippen LogP contribution in [0.1, 0.15) is 37.8 Å². The average Bonchev–Trinajstić information content (AvgIpc) is 3.15. The normalized spacial score (nSPS) is 17.0. The SMILES string of the molecule is CCCn1ncc2ccc(C3CCCN(C(=O)COc4ccccc4)C3)nc21. The zero-order chi connectivity index (χ0) is 19.3. The van der Waals surface area contributed by atoms with Crippen LogP contribution in [0.3, 0.4) is 0 Å². The summed E-state index contributed by atoms with van der Waals surface area (Å²) >= 11 is 0. The summed E-state index contributed by atoms with van der Waals surface area (Å²) in [6.45, 7) is 4.55. The van der Waals surface area contributed by atoms with Crippen LogP contribution < -0.4 is 4.74 Å². The summed E-state index contributed by atoms with van der Waals surface area (Å²) in [5, 5.41) is 5.51. The van der Waals surface area contributed by atoms with E-state index in [9.17, 15) is 4.79 Å². The highest BCUT2D eigenvalue weighted by molar-refractivity contribution is 5.78. The number of amides is 1. The van der Waals surface area contributed by atoms with Gasteiger partial charge in [0, 0.05) is 36.6 Å². The summed E-state index contributed by atoms with van der Waals surface area (Å²) in [5.41, 5.74) is 1.99. The number of ether oxygens (including phenoxy) is 1. The van der Waals surface area contributed by atoms with Crippen LogP contribution in [0, 0.1) is 0 Å². The molecule has 1 atom stereocenters. The van der Waals surface area contributed by atoms with Crippen molar-refractivity contribution in [3.63, 3.8) is 0 Å². The first-order valence-electron chi connectivity index (χ1n) is 10.0. The Hall–Kier alpha value is -2.89. The van der Waals surface area contributed by atoms with Crippen LogP contribution in [0.25, 0.3) is 11.0 Å². The number of aromatic nitrogens is 3. The van der Waals surface area contributed by atoms with E-state index in [1.54, 1.807) is 0 Å². The van der Waals surface area contributed by atoms with E-state index in [2.05, 4.69) is 24.2 Å². The van der Waals surface area contributed by atoms with Gasteiger partial charge in [0.15, 0.2) is 12.3 Å². The van der Waals surface area contributed by atoms with E-state index >= 15 is 0 Å². The third-order valence-corrected chi connectivity index (χ3v) is 5.24. The third-order valence-electron chi connectivity index (χ3n) is 5.24. The molecule has 0 spiro atoms. The topological polar surface area (TPSA) is 60.2 Å². The van der Waals surface area contributed by atoms with Gasteiger partial charge in [0.25, 0.3) is 5.91 Å². The van der Waals surface area contributed by atoms with Crippen molar-refractivity contribution in [3.8, 4) is 5.75 Å². The molecule has 1 fully saturated rings. The molecule has 0 radical (unpaired) electrons. The number of para-hydroxylation sites is 1. The van der Waals surface area contributed by atoms with Crippen molar-refractivity contribution in [2.75, 3.05) is 19.7 Å². The van der Waals surface area contributed by atoms with Crippen LogP contribution in [0.5, 0.6) is 5.75 Å². The molecule has 3 heterocycles. The van der Waals surface area contributed by atoms with Gasteiger partial charge >= 0.3 is 0 Å². The fraction of sp³-hybridized carbons (Fsp3) is 0.409. The average molecular weight is 378 g/mol. The Kier molecular flexibility index (Phi) is 5.55. The highest BCUT2D eigenvalue weighted by atomic mass is 16.5. The summed E-state index contributed by atoms with van der Waals surface area (Å²) in [6, 6.07) is 13.6. The number of hydrogen-bond acceptors (Lipinski definition) is 4. The smallest absolute Gasteiger partial charge is 0.260 e. The van der Waals surface area contributed by atoms with Gasteiger partial charge in [-0.15, -0.1) is 0 Å². The van der Waals surface area contributed by atoms with E-state index in [0.29, 0.717) is 6.54 Å². The quantitative estimate of drug-likeness (QED) is 0.657. The third kappa shape index (κ3) is 4.01. The number of pyridine rings is 1. The highest BCUT2D eigenvalue weighted by Gasteiger charge is 2.26. The zero-order valence-corrected chi connectivity index (χ0v) is 16.3. The Balaban J connectivity index is 1.43. The number of piperidine rings is 1. The first kappa shape index (κ1) is 18.5. The van der Waals surface area contributed by atoms with Gasteiger partial charge in [-0.3, -0.25) is 4.79 Å². The molecule has 0 N–H and O–H groups in total. The lowest BCUT2D eigenvalue weighted by atomic mass is 9.94. The molecule has 3 aromatic rings. The molecule has 1 amide bonds. The number of aryl methyl sites for hydroxylation is 1. The predicted molar refractivity (Wildman–Crippen MR) is 108 cm³/mol. The molecular formula is C22H26N4O2. The first-order chi connectivity index (χ1) is 13.7. The lowest BCUT2D eigenvalue weighted by Gasteiger charge is -2.32. The zero-order valence-electron chi connectivity index (χ0n) is 16.3. The van der Waals surface area contributed by atoms with Crippen LogP contribution in [-0.2, 0) is 11.3 Å². The molecule has 0 bridgehead atoms. The Morgan fingerprint density at radius 2 is 2.07 bits per heavy atom. The number of benzene rings is 1. The maximum absolute atomic E-state index is 12.6. The molecule has 4 rings (SSSR count). The van der Waals surface area contributed by atoms with Crippen molar-refractivity contribution in [1.82, 2.24) is 19.7 Å². The summed E-state index contributed by atoms with van der Waals surface area (Å²) < 4.78 is 7.60.